The van der Waals surface area contributed by atoms with Crippen LogP contribution in [0.5, 0.6) is 5.75 Å². The number of amides is 1. The third-order valence-corrected chi connectivity index (χ3v) is 3.14. The van der Waals surface area contributed by atoms with Crippen molar-refractivity contribution in [3.05, 3.63) is 59.9 Å². The van der Waals surface area contributed by atoms with Crippen LogP contribution >= 0.6 is 12.2 Å². The lowest BCUT2D eigenvalue weighted by molar-refractivity contribution is -0.120. The molecule has 120 valence electrons. The number of para-hydroxylation sites is 1. The maximum atomic E-state index is 13.5. The molecule has 0 aliphatic rings. The minimum Gasteiger partial charge on any atom is -0.497 e. The van der Waals surface area contributed by atoms with Gasteiger partial charge in [0.2, 0.25) is 5.91 Å². The molecule has 0 heterocycles. The molecule has 0 atom stereocenters. The van der Waals surface area contributed by atoms with Gasteiger partial charge in [-0.05, 0) is 42.0 Å². The van der Waals surface area contributed by atoms with E-state index in [-0.39, 0.29) is 23.1 Å². The van der Waals surface area contributed by atoms with E-state index in [2.05, 4.69) is 16.2 Å². The molecule has 2 rings (SSSR count). The maximum Gasteiger partial charge on any atom is 0.242 e. The monoisotopic (exact) mass is 333 g/mol. The number of hydrazine groups is 1. The number of ether oxygens (including phenoxy) is 1. The molecule has 3 N–H and O–H groups in total. The van der Waals surface area contributed by atoms with Gasteiger partial charge in [0.25, 0.3) is 0 Å². The van der Waals surface area contributed by atoms with E-state index in [1.165, 1.54) is 6.07 Å². The van der Waals surface area contributed by atoms with Crippen molar-refractivity contribution in [1.29, 1.82) is 0 Å². The van der Waals surface area contributed by atoms with Gasteiger partial charge in [0.1, 0.15) is 11.6 Å². The Kier molecular flexibility index (Phi) is 5.87. The standard InChI is InChI=1S/C16H16FN3O2S/c1-22-12-6-4-5-11(9-12)10-15(21)19-20-16(23)18-14-8-3-2-7-13(14)17/h2-9H,10H2,1H3,(H,19,21)(H2,18,20,23). The molecule has 0 aliphatic carbocycles. The van der Waals surface area contributed by atoms with Gasteiger partial charge in [-0.15, -0.1) is 0 Å². The maximum absolute atomic E-state index is 13.5. The summed E-state index contributed by atoms with van der Waals surface area (Å²) in [6, 6.07) is 13.3. The summed E-state index contributed by atoms with van der Waals surface area (Å²) in [6.45, 7) is 0. The molecule has 0 spiro atoms. The zero-order chi connectivity index (χ0) is 16.7. The minimum atomic E-state index is -0.431. The van der Waals surface area contributed by atoms with Crippen LogP contribution in [0.4, 0.5) is 10.1 Å². The van der Waals surface area contributed by atoms with Gasteiger partial charge in [0.05, 0.1) is 19.2 Å². The third kappa shape index (κ3) is 5.23. The lowest BCUT2D eigenvalue weighted by atomic mass is 10.1. The van der Waals surface area contributed by atoms with Gasteiger partial charge in [0.15, 0.2) is 5.11 Å². The Morgan fingerprint density at radius 3 is 2.70 bits per heavy atom. The molecule has 5 nitrogen and oxygen atoms in total. The van der Waals surface area contributed by atoms with Crippen LogP contribution in [0.15, 0.2) is 48.5 Å². The summed E-state index contributed by atoms with van der Waals surface area (Å²) in [6.07, 6.45) is 0.159. The number of methoxy groups -OCH3 is 1. The predicted octanol–water partition coefficient (Wildman–Crippen LogP) is 2.39. The molecule has 2 aromatic rings. The Hall–Kier alpha value is -2.67. The number of benzene rings is 2. The first-order valence-corrected chi connectivity index (χ1v) is 7.22. The largest absolute Gasteiger partial charge is 0.497 e. The fourth-order valence-electron chi connectivity index (χ4n) is 1.85. The molecule has 2 aromatic carbocycles. The Morgan fingerprint density at radius 2 is 1.96 bits per heavy atom. The molecule has 0 saturated carbocycles. The average Bonchev–Trinajstić information content (AvgIpc) is 2.55. The second-order valence-corrected chi connectivity index (χ2v) is 5.04. The molecular weight excluding hydrogens is 317 g/mol. The number of nitrogens with one attached hydrogen (secondary N) is 3. The summed E-state index contributed by atoms with van der Waals surface area (Å²) < 4.78 is 18.6. The third-order valence-electron chi connectivity index (χ3n) is 2.94. The average molecular weight is 333 g/mol. The smallest absolute Gasteiger partial charge is 0.242 e. The Labute approximate surface area is 138 Å². The summed E-state index contributed by atoms with van der Waals surface area (Å²) in [5, 5.41) is 2.75. The fourth-order valence-corrected chi connectivity index (χ4v) is 2.02. The van der Waals surface area contributed by atoms with Gasteiger partial charge in [0, 0.05) is 0 Å². The summed E-state index contributed by atoms with van der Waals surface area (Å²) in [7, 11) is 1.56. The molecule has 0 saturated heterocycles. The summed E-state index contributed by atoms with van der Waals surface area (Å²) in [5.74, 6) is -0.0321. The van der Waals surface area contributed by atoms with Crippen molar-refractivity contribution >= 4 is 28.9 Å². The molecule has 23 heavy (non-hydrogen) atoms. The van der Waals surface area contributed by atoms with Gasteiger partial charge < -0.3 is 10.1 Å². The van der Waals surface area contributed by atoms with E-state index in [1.54, 1.807) is 43.5 Å². The molecular formula is C16H16FN3O2S. The summed E-state index contributed by atoms with van der Waals surface area (Å²) in [5.41, 5.74) is 6.01. The lowest BCUT2D eigenvalue weighted by Gasteiger charge is -2.12. The normalized spacial score (nSPS) is 9.83. The van der Waals surface area contributed by atoms with Crippen molar-refractivity contribution in [1.82, 2.24) is 10.9 Å². The predicted molar refractivity (Wildman–Crippen MR) is 90.6 cm³/mol. The van der Waals surface area contributed by atoms with Crippen LogP contribution in [-0.4, -0.2) is 18.1 Å². The highest BCUT2D eigenvalue weighted by atomic mass is 32.1. The number of anilines is 1. The van der Waals surface area contributed by atoms with Crippen LogP contribution in [0.1, 0.15) is 5.56 Å². The highest BCUT2D eigenvalue weighted by molar-refractivity contribution is 7.80. The van der Waals surface area contributed by atoms with E-state index in [1.807, 2.05) is 6.07 Å². The zero-order valence-electron chi connectivity index (χ0n) is 12.4. The second kappa shape index (κ2) is 8.09. The van der Waals surface area contributed by atoms with Gasteiger partial charge in [-0.1, -0.05) is 24.3 Å². The number of hydrogen-bond donors (Lipinski definition) is 3. The van der Waals surface area contributed by atoms with E-state index in [4.69, 9.17) is 17.0 Å². The first kappa shape index (κ1) is 16.7. The second-order valence-electron chi connectivity index (χ2n) is 4.64. The number of carbonyl (C=O) groups excluding carboxylic acids is 1. The lowest BCUT2D eigenvalue weighted by Crippen LogP contribution is -2.44. The van der Waals surface area contributed by atoms with E-state index in [0.717, 1.165) is 5.56 Å². The van der Waals surface area contributed by atoms with Crippen LogP contribution in [0.25, 0.3) is 0 Å². The van der Waals surface area contributed by atoms with Gasteiger partial charge in [-0.2, -0.15) is 0 Å². The molecule has 0 radical (unpaired) electrons. The first-order chi connectivity index (χ1) is 11.1. The van der Waals surface area contributed by atoms with E-state index >= 15 is 0 Å². The number of halogens is 1. The molecule has 1 amide bonds. The Bertz CT molecular complexity index is 709. The van der Waals surface area contributed by atoms with Crippen LogP contribution in [0.3, 0.4) is 0 Å². The zero-order valence-corrected chi connectivity index (χ0v) is 13.2. The van der Waals surface area contributed by atoms with Crippen molar-refractivity contribution in [2.24, 2.45) is 0 Å². The molecule has 7 heteroatoms. The topological polar surface area (TPSA) is 62.4 Å². The molecule has 0 aliphatic heterocycles. The van der Waals surface area contributed by atoms with Crippen LogP contribution < -0.4 is 20.9 Å². The number of hydrogen-bond acceptors (Lipinski definition) is 3. The molecule has 0 aromatic heterocycles. The quantitative estimate of drug-likeness (QED) is 0.592. The minimum absolute atomic E-state index is 0.0918. The SMILES string of the molecule is COc1cccc(CC(=O)NNC(=S)Nc2ccccc2F)c1. The van der Waals surface area contributed by atoms with Gasteiger partial charge >= 0.3 is 0 Å². The van der Waals surface area contributed by atoms with E-state index in [0.29, 0.717) is 5.75 Å². The first-order valence-electron chi connectivity index (χ1n) is 6.82. The van der Waals surface area contributed by atoms with Crippen LogP contribution in [-0.2, 0) is 11.2 Å². The van der Waals surface area contributed by atoms with Crippen molar-refractivity contribution < 1.29 is 13.9 Å². The molecule has 0 unspecified atom stereocenters. The van der Waals surface area contributed by atoms with Crippen molar-refractivity contribution in [3.8, 4) is 5.75 Å². The summed E-state index contributed by atoms with van der Waals surface area (Å²) >= 11 is 4.99. The number of thiocarbonyl (C=S) groups is 1. The van der Waals surface area contributed by atoms with Crippen LogP contribution in [0.2, 0.25) is 0 Å². The van der Waals surface area contributed by atoms with E-state index in [9.17, 15) is 9.18 Å². The molecule has 0 fully saturated rings. The highest BCUT2D eigenvalue weighted by Gasteiger charge is 2.06. The Morgan fingerprint density at radius 1 is 1.17 bits per heavy atom. The highest BCUT2D eigenvalue weighted by Crippen LogP contribution is 2.13. The van der Waals surface area contributed by atoms with Crippen LogP contribution in [0, 0.1) is 5.82 Å². The van der Waals surface area contributed by atoms with E-state index < -0.39 is 5.82 Å². The van der Waals surface area contributed by atoms with Crippen molar-refractivity contribution in [2.75, 3.05) is 12.4 Å². The van der Waals surface area contributed by atoms with Gasteiger partial charge in [-0.25, -0.2) is 4.39 Å². The van der Waals surface area contributed by atoms with Crippen molar-refractivity contribution in [3.63, 3.8) is 0 Å². The summed E-state index contributed by atoms with van der Waals surface area (Å²) in [4.78, 5) is 11.9. The van der Waals surface area contributed by atoms with Gasteiger partial charge in [-0.3, -0.25) is 15.6 Å². The Balaban J connectivity index is 1.82. The molecule has 0 bridgehead atoms. The van der Waals surface area contributed by atoms with Crippen molar-refractivity contribution in [2.45, 2.75) is 6.42 Å². The number of carbonyl (C=O) groups is 1. The fraction of sp³-hybridized carbons (Fsp3) is 0.125. The number of rotatable bonds is 4.